The van der Waals surface area contributed by atoms with E-state index in [9.17, 15) is 12.8 Å². The Labute approximate surface area is 141 Å². The molecule has 3 N–H and O–H groups in total. The van der Waals surface area contributed by atoms with Crippen molar-refractivity contribution in [3.63, 3.8) is 0 Å². The van der Waals surface area contributed by atoms with Crippen molar-refractivity contribution in [1.29, 1.82) is 0 Å². The predicted molar refractivity (Wildman–Crippen MR) is 93.9 cm³/mol. The molecule has 2 aromatic carbocycles. The van der Waals surface area contributed by atoms with Crippen molar-refractivity contribution in [1.82, 2.24) is 20.2 Å². The van der Waals surface area contributed by atoms with Crippen LogP contribution in [0.25, 0.3) is 33.5 Å². The van der Waals surface area contributed by atoms with Crippen LogP contribution in [0.15, 0.2) is 48.4 Å². The van der Waals surface area contributed by atoms with Gasteiger partial charge in [-0.05, 0) is 36.4 Å². The molecule has 126 valence electrons. The maximum atomic E-state index is 13.3. The molecule has 0 saturated heterocycles. The van der Waals surface area contributed by atoms with Crippen molar-refractivity contribution in [2.75, 3.05) is 4.72 Å². The van der Waals surface area contributed by atoms with Gasteiger partial charge in [-0.1, -0.05) is 6.58 Å². The number of nitrogens with zero attached hydrogens (tertiary/aromatic N) is 2. The largest absolute Gasteiger partial charge is 0.336 e. The average Bonchev–Trinajstić information content (AvgIpc) is 3.17. The van der Waals surface area contributed by atoms with Crippen LogP contribution in [0.3, 0.4) is 0 Å². The molecule has 0 aliphatic carbocycles. The number of aromatic nitrogens is 4. The maximum absolute atomic E-state index is 13.3. The molecule has 0 unspecified atom stereocenters. The van der Waals surface area contributed by atoms with Crippen LogP contribution in [0.5, 0.6) is 0 Å². The summed E-state index contributed by atoms with van der Waals surface area (Å²) < 4.78 is 39.0. The van der Waals surface area contributed by atoms with Crippen molar-refractivity contribution in [3.8, 4) is 11.5 Å². The lowest BCUT2D eigenvalue weighted by atomic mass is 10.2. The van der Waals surface area contributed by atoms with Gasteiger partial charge >= 0.3 is 0 Å². The smallest absolute Gasteiger partial charge is 0.254 e. The fourth-order valence-electron chi connectivity index (χ4n) is 2.56. The van der Waals surface area contributed by atoms with Gasteiger partial charge < -0.3 is 4.98 Å². The molecule has 7 nitrogen and oxygen atoms in total. The fourth-order valence-corrected chi connectivity index (χ4v) is 3.10. The van der Waals surface area contributed by atoms with Crippen LogP contribution in [0.2, 0.25) is 0 Å². The number of sulfonamides is 1. The van der Waals surface area contributed by atoms with E-state index in [1.165, 1.54) is 12.1 Å². The molecule has 0 aliphatic heterocycles. The minimum atomic E-state index is -3.61. The highest BCUT2D eigenvalue weighted by Crippen LogP contribution is 2.28. The van der Waals surface area contributed by atoms with Gasteiger partial charge in [0.1, 0.15) is 11.5 Å². The Kier molecular flexibility index (Phi) is 3.32. The van der Waals surface area contributed by atoms with Crippen molar-refractivity contribution < 1.29 is 12.8 Å². The van der Waals surface area contributed by atoms with Crippen LogP contribution in [-0.4, -0.2) is 28.6 Å². The van der Waals surface area contributed by atoms with Gasteiger partial charge in [0.25, 0.3) is 10.0 Å². The summed E-state index contributed by atoms with van der Waals surface area (Å²) in [5.41, 5.74) is 2.75. The van der Waals surface area contributed by atoms with E-state index in [4.69, 9.17) is 0 Å². The molecule has 0 radical (unpaired) electrons. The number of imidazole rings is 1. The fraction of sp³-hybridized carbons (Fsp3) is 0. The number of H-pyrrole nitrogens is 2. The van der Waals surface area contributed by atoms with E-state index in [2.05, 4.69) is 31.5 Å². The summed E-state index contributed by atoms with van der Waals surface area (Å²) in [6, 6.07) is 9.21. The molecule has 9 heteroatoms. The summed E-state index contributed by atoms with van der Waals surface area (Å²) in [4.78, 5) is 7.43. The Balaban J connectivity index is 1.84. The minimum absolute atomic E-state index is 0.365. The van der Waals surface area contributed by atoms with Crippen LogP contribution in [0, 0.1) is 5.82 Å². The molecular weight excluding hydrogens is 345 g/mol. The first-order valence-electron chi connectivity index (χ1n) is 7.24. The van der Waals surface area contributed by atoms with Crippen molar-refractivity contribution in [3.05, 3.63) is 54.2 Å². The first-order valence-corrected chi connectivity index (χ1v) is 8.79. The number of hydrogen-bond donors (Lipinski definition) is 3. The van der Waals surface area contributed by atoms with Crippen LogP contribution >= 0.6 is 0 Å². The summed E-state index contributed by atoms with van der Waals surface area (Å²) >= 11 is 0. The number of halogens is 1. The molecule has 25 heavy (non-hydrogen) atoms. The zero-order chi connectivity index (χ0) is 17.6. The van der Waals surface area contributed by atoms with Crippen LogP contribution in [0.1, 0.15) is 0 Å². The molecule has 4 rings (SSSR count). The van der Waals surface area contributed by atoms with E-state index >= 15 is 0 Å². The third kappa shape index (κ3) is 2.74. The van der Waals surface area contributed by atoms with E-state index in [-0.39, 0.29) is 5.82 Å². The van der Waals surface area contributed by atoms with Gasteiger partial charge in [-0.25, -0.2) is 17.8 Å². The number of rotatable bonds is 4. The molecule has 4 aromatic rings. The quantitative estimate of drug-likeness (QED) is 0.522. The van der Waals surface area contributed by atoms with Gasteiger partial charge in [0, 0.05) is 16.5 Å². The Bertz CT molecular complexity index is 1230. The summed E-state index contributed by atoms with van der Waals surface area (Å²) in [6.07, 6.45) is 0. The lowest BCUT2D eigenvalue weighted by Gasteiger charge is -2.04. The first-order chi connectivity index (χ1) is 11.9. The Morgan fingerprint density at radius 3 is 2.80 bits per heavy atom. The minimum Gasteiger partial charge on any atom is -0.336 e. The number of anilines is 1. The summed E-state index contributed by atoms with van der Waals surface area (Å²) in [5.74, 6) is 0.0891. The van der Waals surface area contributed by atoms with Gasteiger partial charge in [-0.15, -0.1) is 0 Å². The maximum Gasteiger partial charge on any atom is 0.254 e. The summed E-state index contributed by atoms with van der Waals surface area (Å²) in [6.45, 7) is 3.26. The number of nitrogens with one attached hydrogen (secondary N) is 3. The monoisotopic (exact) mass is 357 g/mol. The van der Waals surface area contributed by atoms with E-state index in [1.807, 2.05) is 0 Å². The zero-order valence-corrected chi connectivity index (χ0v) is 13.6. The van der Waals surface area contributed by atoms with Gasteiger partial charge in [0.05, 0.1) is 16.6 Å². The second kappa shape index (κ2) is 5.42. The van der Waals surface area contributed by atoms with E-state index < -0.39 is 10.0 Å². The van der Waals surface area contributed by atoms with Crippen molar-refractivity contribution in [2.24, 2.45) is 0 Å². The standard InChI is InChI=1S/C16H12FN5O2S/c1-2-25(23,24)22-10-4-6-12-11(8-10)15(21-20-12)16-18-13-5-3-9(17)7-14(13)19-16/h2-8,22H,1H2,(H,18,19)(H,20,21). The molecule has 0 spiro atoms. The number of aromatic amines is 2. The number of benzene rings is 2. The third-order valence-corrected chi connectivity index (χ3v) is 4.67. The van der Waals surface area contributed by atoms with Crippen molar-refractivity contribution in [2.45, 2.75) is 0 Å². The third-order valence-electron chi connectivity index (χ3n) is 3.71. The average molecular weight is 357 g/mol. The lowest BCUT2D eigenvalue weighted by Crippen LogP contribution is -2.08. The SMILES string of the molecule is C=CS(=O)(=O)Nc1ccc2[nH]nc(-c3nc4ccc(F)cc4[nH]3)c2c1. The van der Waals surface area contributed by atoms with Crippen molar-refractivity contribution >= 4 is 37.6 Å². The molecule has 0 aliphatic rings. The zero-order valence-electron chi connectivity index (χ0n) is 12.7. The summed E-state index contributed by atoms with van der Waals surface area (Å²) in [7, 11) is -3.61. The molecule has 0 fully saturated rings. The highest BCUT2D eigenvalue weighted by molar-refractivity contribution is 7.95. The molecule has 2 heterocycles. The van der Waals surface area contributed by atoms with E-state index in [1.54, 1.807) is 24.3 Å². The number of fused-ring (bicyclic) bond motifs is 2. The molecule has 2 aromatic heterocycles. The van der Waals surface area contributed by atoms with Gasteiger partial charge in [-0.3, -0.25) is 9.82 Å². The Morgan fingerprint density at radius 1 is 1.16 bits per heavy atom. The Morgan fingerprint density at radius 2 is 2.00 bits per heavy atom. The van der Waals surface area contributed by atoms with Gasteiger partial charge in [0.15, 0.2) is 5.82 Å². The summed E-state index contributed by atoms with van der Waals surface area (Å²) in [5, 5.41) is 8.60. The van der Waals surface area contributed by atoms with Gasteiger partial charge in [-0.2, -0.15) is 5.10 Å². The molecule has 0 amide bonds. The molecular formula is C16H12FN5O2S. The van der Waals surface area contributed by atoms with Gasteiger partial charge in [0.2, 0.25) is 0 Å². The highest BCUT2D eigenvalue weighted by Gasteiger charge is 2.14. The van der Waals surface area contributed by atoms with Crippen LogP contribution < -0.4 is 4.72 Å². The normalized spacial score (nSPS) is 11.9. The van der Waals surface area contributed by atoms with Crippen LogP contribution in [-0.2, 0) is 10.0 Å². The highest BCUT2D eigenvalue weighted by atomic mass is 32.2. The first kappa shape index (κ1) is 15.3. The molecule has 0 saturated carbocycles. The topological polar surface area (TPSA) is 104 Å². The predicted octanol–water partition coefficient (Wildman–Crippen LogP) is 3.13. The Hall–Kier alpha value is -3.20. The van der Waals surface area contributed by atoms with Crippen LogP contribution in [0.4, 0.5) is 10.1 Å². The number of hydrogen-bond acceptors (Lipinski definition) is 4. The molecule has 0 bridgehead atoms. The van der Waals surface area contributed by atoms with E-state index in [0.717, 1.165) is 5.41 Å². The second-order valence-corrected chi connectivity index (χ2v) is 7.02. The lowest BCUT2D eigenvalue weighted by molar-refractivity contribution is 0.609. The molecule has 0 atom stereocenters. The van der Waals surface area contributed by atoms with E-state index in [0.29, 0.717) is 39.1 Å². The second-order valence-electron chi connectivity index (χ2n) is 5.39.